The Labute approximate surface area is 89.4 Å². The molecular weight excluding hydrogens is 174 g/mol. The van der Waals surface area contributed by atoms with Crippen LogP contribution >= 0.6 is 0 Å². The predicted molar refractivity (Wildman–Crippen MR) is 62.7 cm³/mol. The molecule has 0 rings (SSSR count). The first-order valence-electron chi connectivity index (χ1n) is 5.59. The van der Waals surface area contributed by atoms with Crippen molar-refractivity contribution in [1.82, 2.24) is 5.32 Å². The van der Waals surface area contributed by atoms with E-state index in [1.54, 1.807) is 0 Å². The Balaban J connectivity index is 3.82. The number of rotatable bonds is 5. The fraction of sp³-hybridized carbons (Fsp3) is 1.00. The van der Waals surface area contributed by atoms with Gasteiger partial charge in [-0.3, -0.25) is 0 Å². The Kier molecular flexibility index (Phi) is 5.10. The zero-order valence-corrected chi connectivity index (χ0v) is 10.9. The van der Waals surface area contributed by atoms with Crippen molar-refractivity contribution >= 4 is 0 Å². The van der Waals surface area contributed by atoms with Crippen LogP contribution in [0.4, 0.5) is 0 Å². The first kappa shape index (κ1) is 13.9. The molecule has 1 N–H and O–H groups in total. The van der Waals surface area contributed by atoms with Gasteiger partial charge in [-0.15, -0.1) is 0 Å². The molecule has 2 nitrogen and oxygen atoms in total. The van der Waals surface area contributed by atoms with E-state index in [4.69, 9.17) is 4.74 Å². The molecule has 0 aliphatic heterocycles. The highest BCUT2D eigenvalue weighted by molar-refractivity contribution is 4.74. The van der Waals surface area contributed by atoms with Crippen molar-refractivity contribution < 1.29 is 4.74 Å². The Morgan fingerprint density at radius 1 is 1.14 bits per heavy atom. The number of nitrogens with one attached hydrogen (secondary N) is 1. The lowest BCUT2D eigenvalue weighted by molar-refractivity contribution is -0.0657. The summed E-state index contributed by atoms with van der Waals surface area (Å²) in [5, 5.41) is 3.44. The Bertz CT molecular complexity index is 158. The summed E-state index contributed by atoms with van der Waals surface area (Å²) in [5.41, 5.74) is 0.174. The second-order valence-corrected chi connectivity index (χ2v) is 5.67. The molecule has 0 aromatic rings. The van der Waals surface area contributed by atoms with E-state index in [0.717, 1.165) is 13.0 Å². The average molecular weight is 201 g/mol. The summed E-state index contributed by atoms with van der Waals surface area (Å²) in [6.45, 7) is 16.0. The van der Waals surface area contributed by atoms with Crippen molar-refractivity contribution in [2.45, 2.75) is 72.1 Å². The summed E-state index contributed by atoms with van der Waals surface area (Å²) in [4.78, 5) is 0. The third kappa shape index (κ3) is 7.34. The lowest BCUT2D eigenvalue weighted by Gasteiger charge is -2.30. The van der Waals surface area contributed by atoms with Crippen LogP contribution in [0, 0.1) is 0 Å². The molecule has 14 heavy (non-hydrogen) atoms. The molecule has 86 valence electrons. The van der Waals surface area contributed by atoms with E-state index in [0.29, 0.717) is 0 Å². The van der Waals surface area contributed by atoms with E-state index in [9.17, 15) is 0 Å². The van der Waals surface area contributed by atoms with Gasteiger partial charge in [0, 0.05) is 12.1 Å². The molecule has 0 radical (unpaired) electrons. The van der Waals surface area contributed by atoms with Gasteiger partial charge in [0.15, 0.2) is 0 Å². The summed E-state index contributed by atoms with van der Waals surface area (Å²) >= 11 is 0. The molecule has 1 unspecified atom stereocenters. The van der Waals surface area contributed by atoms with Crippen LogP contribution in [0.5, 0.6) is 0 Å². The molecule has 0 aliphatic rings. The van der Waals surface area contributed by atoms with Gasteiger partial charge in [-0.25, -0.2) is 0 Å². The van der Waals surface area contributed by atoms with Crippen LogP contribution in [-0.2, 0) is 4.74 Å². The third-order valence-corrected chi connectivity index (χ3v) is 2.29. The molecule has 0 saturated heterocycles. The Morgan fingerprint density at radius 2 is 1.64 bits per heavy atom. The summed E-state index contributed by atoms with van der Waals surface area (Å²) < 4.78 is 5.92. The summed E-state index contributed by atoms with van der Waals surface area (Å²) in [6, 6.07) is 0. The van der Waals surface area contributed by atoms with E-state index < -0.39 is 0 Å². The molecule has 0 spiro atoms. The van der Waals surface area contributed by atoms with E-state index in [2.05, 4.69) is 53.8 Å². The Morgan fingerprint density at radius 3 is 2.00 bits per heavy atom. The molecule has 0 amide bonds. The van der Waals surface area contributed by atoms with Crippen LogP contribution in [0.2, 0.25) is 0 Å². The lowest BCUT2D eigenvalue weighted by Crippen LogP contribution is -2.42. The molecule has 1 atom stereocenters. The number of ether oxygens (including phenoxy) is 1. The molecule has 0 aliphatic carbocycles. The van der Waals surface area contributed by atoms with E-state index in [1.165, 1.54) is 0 Å². The molecule has 0 bridgehead atoms. The van der Waals surface area contributed by atoms with E-state index in [1.807, 2.05) is 0 Å². The van der Waals surface area contributed by atoms with Crippen LogP contribution in [0.25, 0.3) is 0 Å². The fourth-order valence-corrected chi connectivity index (χ4v) is 1.12. The van der Waals surface area contributed by atoms with Crippen molar-refractivity contribution in [3.05, 3.63) is 0 Å². The minimum absolute atomic E-state index is 0.00101. The average Bonchev–Trinajstić information content (AvgIpc) is 1.99. The predicted octanol–water partition coefficient (Wildman–Crippen LogP) is 2.97. The molecule has 0 aromatic heterocycles. The number of hydrogen-bond donors (Lipinski definition) is 1. The summed E-state index contributed by atoms with van der Waals surface area (Å²) in [7, 11) is 0. The van der Waals surface area contributed by atoms with Gasteiger partial charge in [0.25, 0.3) is 0 Å². The first-order valence-corrected chi connectivity index (χ1v) is 5.59. The van der Waals surface area contributed by atoms with Gasteiger partial charge in [-0.05, 0) is 48.0 Å². The highest BCUT2D eigenvalue weighted by Gasteiger charge is 2.20. The van der Waals surface area contributed by atoms with Crippen LogP contribution in [0.1, 0.15) is 54.9 Å². The van der Waals surface area contributed by atoms with Gasteiger partial charge in [0.1, 0.15) is 0 Å². The highest BCUT2D eigenvalue weighted by Crippen LogP contribution is 2.16. The van der Waals surface area contributed by atoms with Crippen molar-refractivity contribution in [2.24, 2.45) is 0 Å². The van der Waals surface area contributed by atoms with Gasteiger partial charge in [0.05, 0.1) is 11.7 Å². The summed E-state index contributed by atoms with van der Waals surface area (Å²) in [6.07, 6.45) is 1.32. The number of hydrogen-bond acceptors (Lipinski definition) is 2. The van der Waals surface area contributed by atoms with Gasteiger partial charge in [-0.2, -0.15) is 0 Å². The van der Waals surface area contributed by atoms with Crippen LogP contribution in [-0.4, -0.2) is 23.8 Å². The quantitative estimate of drug-likeness (QED) is 0.738. The van der Waals surface area contributed by atoms with Crippen LogP contribution in [0.3, 0.4) is 0 Å². The maximum absolute atomic E-state index is 5.92. The van der Waals surface area contributed by atoms with Crippen LogP contribution < -0.4 is 5.32 Å². The monoisotopic (exact) mass is 201 g/mol. The zero-order valence-electron chi connectivity index (χ0n) is 10.9. The molecule has 0 aromatic carbocycles. The minimum Gasteiger partial charge on any atom is -0.371 e. The zero-order chi connectivity index (χ0) is 11.4. The smallest absolute Gasteiger partial charge is 0.0678 e. The molecule has 2 heteroatoms. The van der Waals surface area contributed by atoms with Gasteiger partial charge < -0.3 is 10.1 Å². The van der Waals surface area contributed by atoms with Crippen molar-refractivity contribution in [1.29, 1.82) is 0 Å². The normalized spacial score (nSPS) is 15.6. The molecule has 0 saturated carbocycles. The standard InChI is InChI=1S/C12H27NO/c1-8-12(6,7)14-10(2)9-13-11(3,4)5/h10,13H,8-9H2,1-7H3. The first-order chi connectivity index (χ1) is 6.16. The topological polar surface area (TPSA) is 21.3 Å². The maximum atomic E-state index is 5.92. The van der Waals surface area contributed by atoms with E-state index in [-0.39, 0.29) is 17.2 Å². The second-order valence-electron chi connectivity index (χ2n) is 5.67. The third-order valence-electron chi connectivity index (χ3n) is 2.29. The fourth-order valence-electron chi connectivity index (χ4n) is 1.12. The van der Waals surface area contributed by atoms with Crippen molar-refractivity contribution in [2.75, 3.05) is 6.54 Å². The van der Waals surface area contributed by atoms with Gasteiger partial charge in [-0.1, -0.05) is 6.92 Å². The van der Waals surface area contributed by atoms with Gasteiger partial charge >= 0.3 is 0 Å². The Hall–Kier alpha value is -0.0800. The highest BCUT2D eigenvalue weighted by atomic mass is 16.5. The SMILES string of the molecule is CCC(C)(C)OC(C)CNC(C)(C)C. The lowest BCUT2D eigenvalue weighted by atomic mass is 10.1. The van der Waals surface area contributed by atoms with Crippen molar-refractivity contribution in [3.63, 3.8) is 0 Å². The maximum Gasteiger partial charge on any atom is 0.0678 e. The summed E-state index contributed by atoms with van der Waals surface area (Å²) in [5.74, 6) is 0. The van der Waals surface area contributed by atoms with Crippen molar-refractivity contribution in [3.8, 4) is 0 Å². The molecule has 0 fully saturated rings. The second kappa shape index (κ2) is 5.13. The van der Waals surface area contributed by atoms with E-state index >= 15 is 0 Å². The largest absolute Gasteiger partial charge is 0.371 e. The van der Waals surface area contributed by atoms with Gasteiger partial charge in [0.2, 0.25) is 0 Å². The molecule has 0 heterocycles. The molecular formula is C12H27NO. The minimum atomic E-state index is -0.00101. The van der Waals surface area contributed by atoms with Crippen LogP contribution in [0.15, 0.2) is 0 Å².